The van der Waals surface area contributed by atoms with Crippen molar-refractivity contribution in [2.75, 3.05) is 13.7 Å². The van der Waals surface area contributed by atoms with E-state index in [0.29, 0.717) is 13.8 Å². The quantitative estimate of drug-likeness (QED) is 0.117. The highest BCUT2D eigenvalue weighted by Gasteiger charge is 2.68. The number of aliphatic hydroxyl groups excluding tert-OH is 4. The number of Topliss-reactive ketones (excluding diaryl/α,β-unsaturated/α-hetero) is 5. The van der Waals surface area contributed by atoms with E-state index in [2.05, 4.69) is 0 Å². The number of carbonyl (C=O) groups excluding carboxylic acids is 5. The van der Waals surface area contributed by atoms with Crippen LogP contribution in [0.2, 0.25) is 0 Å². The van der Waals surface area contributed by atoms with Crippen LogP contribution in [0.1, 0.15) is 82.7 Å². The van der Waals surface area contributed by atoms with Gasteiger partial charge in [0.05, 0.1) is 45.6 Å². The van der Waals surface area contributed by atoms with Crippen molar-refractivity contribution >= 4 is 34.5 Å². The Hall–Kier alpha value is -4.95. The molecule has 1 saturated heterocycles. The standard InChI is InChI=1S/C37H39NO17/c1-11(40)21-22(12(2)41)34(51)37(53-7,16(6)44)28-24(21)31(48)26-25(33(28)50)30(47)23-18(55-20-8-17(38)29(46)13(3)54-20)9-35(52,19(45)10-39)36(14(4)42,15(5)43)27(23)32(26)49/h13,17-18,20,29,39-40,46,51-52H,8-10,38H2,1-7H3/b21-11-/t13-,17-,18-,20-,29+,35+,37?/m0/s1. The van der Waals surface area contributed by atoms with Crippen LogP contribution in [0.15, 0.2) is 36.3 Å². The second kappa shape index (κ2) is 13.7. The summed E-state index contributed by atoms with van der Waals surface area (Å²) in [6.07, 6.45) is -7.19. The fourth-order valence-electron chi connectivity index (χ4n) is 8.65. The Labute approximate surface area is 309 Å². The molecule has 0 aromatic heterocycles. The van der Waals surface area contributed by atoms with Gasteiger partial charge in [-0.05, 0) is 41.5 Å². The van der Waals surface area contributed by atoms with Crippen molar-refractivity contribution in [3.8, 4) is 0 Å². The van der Waals surface area contributed by atoms with Gasteiger partial charge in [0.25, 0.3) is 0 Å². The summed E-state index contributed by atoms with van der Waals surface area (Å²) in [5.74, 6) is -8.71. The SMILES string of the molecule is COC1(C(C)=O)C(O)=C(C(C)=O)/C(=C(\C)O)c2c1c(=O)c1c(=O)c3c(c(=O)c=1c2=O)C(C(C)=O)(C(C)=O)[C@](O)(C(=O)CO)C[C@@H]3O[C@H]1C[C@H](N)[C@H](O)[C@H](C)O1. The Bertz CT molecular complexity index is 2430. The topological polar surface area (TPSA) is 308 Å². The molecule has 18 heteroatoms. The first-order valence-electron chi connectivity index (χ1n) is 16.9. The maximum atomic E-state index is 15.0. The molecule has 0 aromatic carbocycles. The number of methoxy groups -OCH3 is 1. The smallest absolute Gasteiger partial charge is 0.212 e. The Morgan fingerprint density at radius 1 is 0.891 bits per heavy atom. The molecular weight excluding hydrogens is 730 g/mol. The molecule has 1 heterocycles. The number of hydrogen-bond acceptors (Lipinski definition) is 18. The van der Waals surface area contributed by atoms with Gasteiger partial charge >= 0.3 is 0 Å². The van der Waals surface area contributed by atoms with Crippen LogP contribution in [0, 0.1) is 10.4 Å². The van der Waals surface area contributed by atoms with Crippen LogP contribution in [0.3, 0.4) is 0 Å². The number of ketones is 5. The minimum absolute atomic E-state index is 0.292. The predicted molar refractivity (Wildman–Crippen MR) is 186 cm³/mol. The average Bonchev–Trinajstić information content (AvgIpc) is 3.08. The van der Waals surface area contributed by atoms with Crippen LogP contribution in [0.4, 0.5) is 0 Å². The van der Waals surface area contributed by atoms with Crippen molar-refractivity contribution in [2.45, 2.75) is 102 Å². The second-order valence-corrected chi connectivity index (χ2v) is 14.1. The highest BCUT2D eigenvalue weighted by molar-refractivity contribution is 6.18. The van der Waals surface area contributed by atoms with Gasteiger partial charge in [-0.3, -0.25) is 43.2 Å². The molecule has 0 aromatic rings. The van der Waals surface area contributed by atoms with Crippen molar-refractivity contribution < 1.29 is 63.7 Å². The van der Waals surface area contributed by atoms with Crippen LogP contribution < -0.4 is 27.4 Å². The lowest BCUT2D eigenvalue weighted by Crippen LogP contribution is -2.70. The second-order valence-electron chi connectivity index (χ2n) is 14.1. The molecule has 0 radical (unpaired) electrons. The molecule has 5 rings (SSSR count). The molecule has 7 atom stereocenters. The van der Waals surface area contributed by atoms with Crippen LogP contribution in [0.25, 0.3) is 5.57 Å². The van der Waals surface area contributed by atoms with E-state index >= 15 is 4.79 Å². The zero-order valence-corrected chi connectivity index (χ0v) is 30.7. The number of fused-ring (bicyclic) bond motifs is 2. The third-order valence-corrected chi connectivity index (χ3v) is 11.1. The van der Waals surface area contributed by atoms with E-state index in [1.807, 2.05) is 0 Å². The van der Waals surface area contributed by atoms with Gasteiger partial charge in [0.15, 0.2) is 67.9 Å². The highest BCUT2D eigenvalue weighted by Crippen LogP contribution is 2.50. The van der Waals surface area contributed by atoms with E-state index < -0.39 is 166 Å². The molecule has 1 aliphatic heterocycles. The summed E-state index contributed by atoms with van der Waals surface area (Å²) < 4.78 is 17.1. The van der Waals surface area contributed by atoms with Crippen LogP contribution in [-0.2, 0) is 49.2 Å². The number of allylic oxidation sites excluding steroid dienone is 3. The van der Waals surface area contributed by atoms with E-state index in [0.717, 1.165) is 27.9 Å². The molecule has 7 N–H and O–H groups in total. The van der Waals surface area contributed by atoms with Crippen LogP contribution >= 0.6 is 0 Å². The minimum Gasteiger partial charge on any atom is -0.512 e. The number of ether oxygens (including phenoxy) is 3. The average molecular weight is 770 g/mol. The number of aliphatic hydroxyl groups is 5. The molecule has 4 aliphatic carbocycles. The summed E-state index contributed by atoms with van der Waals surface area (Å²) in [7, 11) is 0.835. The number of nitrogens with two attached hydrogens (primary N) is 1. The first-order valence-corrected chi connectivity index (χ1v) is 16.9. The van der Waals surface area contributed by atoms with E-state index in [1.165, 1.54) is 6.92 Å². The number of rotatable bonds is 9. The van der Waals surface area contributed by atoms with Crippen molar-refractivity contribution in [3.63, 3.8) is 0 Å². The minimum atomic E-state index is -3.35. The molecule has 294 valence electrons. The predicted octanol–water partition coefficient (Wildman–Crippen LogP) is -2.15. The largest absolute Gasteiger partial charge is 0.512 e. The van der Waals surface area contributed by atoms with Crippen molar-refractivity contribution in [2.24, 2.45) is 5.73 Å². The molecular formula is C37H39NO17. The van der Waals surface area contributed by atoms with E-state index in [1.54, 1.807) is 0 Å². The van der Waals surface area contributed by atoms with Gasteiger partial charge in [-0.25, -0.2) is 0 Å². The van der Waals surface area contributed by atoms with Crippen LogP contribution in [0.5, 0.6) is 0 Å². The van der Waals surface area contributed by atoms with Gasteiger partial charge in [-0.15, -0.1) is 0 Å². The fourth-order valence-corrected chi connectivity index (χ4v) is 8.65. The lowest BCUT2D eigenvalue weighted by atomic mass is 9.54. The molecule has 0 saturated carbocycles. The van der Waals surface area contributed by atoms with Gasteiger partial charge in [0.2, 0.25) is 5.60 Å². The van der Waals surface area contributed by atoms with Crippen molar-refractivity contribution in [3.05, 3.63) is 90.7 Å². The Kier molecular flexibility index (Phi) is 10.2. The van der Waals surface area contributed by atoms with Crippen molar-refractivity contribution in [1.82, 2.24) is 0 Å². The molecule has 1 fully saturated rings. The molecule has 55 heavy (non-hydrogen) atoms. The third kappa shape index (κ3) is 5.23. The molecule has 0 amide bonds. The summed E-state index contributed by atoms with van der Waals surface area (Å²) in [6, 6.07) is -1.00. The summed E-state index contributed by atoms with van der Waals surface area (Å²) in [4.78, 5) is 127. The number of carbonyl (C=O) groups is 5. The van der Waals surface area contributed by atoms with Gasteiger partial charge in [-0.1, -0.05) is 0 Å². The Morgan fingerprint density at radius 2 is 1.44 bits per heavy atom. The Morgan fingerprint density at radius 3 is 1.89 bits per heavy atom. The first-order chi connectivity index (χ1) is 25.5. The van der Waals surface area contributed by atoms with Crippen molar-refractivity contribution in [1.29, 1.82) is 0 Å². The van der Waals surface area contributed by atoms with Gasteiger partial charge < -0.3 is 45.5 Å². The zero-order valence-electron chi connectivity index (χ0n) is 30.7. The monoisotopic (exact) mass is 769 g/mol. The van der Waals surface area contributed by atoms with Crippen LogP contribution in [-0.4, -0.2) is 98.3 Å². The molecule has 1 unspecified atom stereocenters. The van der Waals surface area contributed by atoms with E-state index in [4.69, 9.17) is 19.9 Å². The lowest BCUT2D eigenvalue weighted by Gasteiger charge is -2.49. The molecule has 0 spiro atoms. The maximum Gasteiger partial charge on any atom is 0.212 e. The summed E-state index contributed by atoms with van der Waals surface area (Å²) >= 11 is 0. The molecule has 5 aliphatic rings. The third-order valence-electron chi connectivity index (χ3n) is 11.1. The Balaban J connectivity index is 2.13. The molecule has 0 bridgehead atoms. The zero-order chi connectivity index (χ0) is 41.6. The van der Waals surface area contributed by atoms with Gasteiger partial charge in [0.1, 0.15) is 12.4 Å². The van der Waals surface area contributed by atoms with Gasteiger partial charge in [0, 0.05) is 48.3 Å². The number of hydrogen-bond donors (Lipinski definition) is 6. The summed E-state index contributed by atoms with van der Waals surface area (Å²) in [6.45, 7) is 3.96. The fraction of sp³-hybridized carbons (Fsp3) is 0.486. The molecule has 18 nitrogen and oxygen atoms in total. The highest BCUT2D eigenvalue weighted by atomic mass is 16.7. The first kappa shape index (κ1) is 41.2. The summed E-state index contributed by atoms with van der Waals surface area (Å²) in [5.41, 5.74) is -16.0. The normalized spacial score (nSPS) is 29.7. The summed E-state index contributed by atoms with van der Waals surface area (Å²) in [5, 5.41) is 52.2. The van der Waals surface area contributed by atoms with E-state index in [9.17, 15) is 63.9 Å². The van der Waals surface area contributed by atoms with Gasteiger partial charge in [-0.2, -0.15) is 0 Å². The maximum absolute atomic E-state index is 15.0. The lowest BCUT2D eigenvalue weighted by molar-refractivity contribution is -0.249. The van der Waals surface area contributed by atoms with E-state index in [-0.39, 0.29) is 6.42 Å².